The summed E-state index contributed by atoms with van der Waals surface area (Å²) in [7, 11) is 0. The SMILES string of the molecule is CC(C)(CN1CCOCC1)CN1CCNC(=O)[C@@H]1Cc1ccccc1. The van der Waals surface area contributed by atoms with Gasteiger partial charge in [-0.3, -0.25) is 14.6 Å². The van der Waals surface area contributed by atoms with Crippen molar-refractivity contribution < 1.29 is 9.53 Å². The maximum Gasteiger partial charge on any atom is 0.237 e. The third kappa shape index (κ3) is 5.27. The molecule has 0 aromatic heterocycles. The highest BCUT2D eigenvalue weighted by molar-refractivity contribution is 5.82. The molecule has 0 spiro atoms. The van der Waals surface area contributed by atoms with Gasteiger partial charge in [-0.25, -0.2) is 0 Å². The van der Waals surface area contributed by atoms with Crippen LogP contribution in [0.5, 0.6) is 0 Å². The Balaban J connectivity index is 1.64. The van der Waals surface area contributed by atoms with Gasteiger partial charge in [0.15, 0.2) is 0 Å². The predicted molar refractivity (Wildman–Crippen MR) is 99.6 cm³/mol. The molecular weight excluding hydrogens is 314 g/mol. The summed E-state index contributed by atoms with van der Waals surface area (Å²) in [6, 6.07) is 10.3. The molecule has 2 aliphatic rings. The summed E-state index contributed by atoms with van der Waals surface area (Å²) in [4.78, 5) is 17.4. The second kappa shape index (κ2) is 8.30. The number of nitrogens with zero attached hydrogens (tertiary/aromatic N) is 2. The zero-order valence-corrected chi connectivity index (χ0v) is 15.5. The van der Waals surface area contributed by atoms with Gasteiger partial charge < -0.3 is 10.1 Å². The molecule has 0 radical (unpaired) electrons. The van der Waals surface area contributed by atoms with E-state index in [0.29, 0.717) is 0 Å². The third-order valence-electron chi connectivity index (χ3n) is 5.10. The van der Waals surface area contributed by atoms with Crippen LogP contribution in [0.25, 0.3) is 0 Å². The largest absolute Gasteiger partial charge is 0.379 e. The van der Waals surface area contributed by atoms with E-state index in [4.69, 9.17) is 4.74 Å². The average molecular weight is 345 g/mol. The maximum absolute atomic E-state index is 12.5. The molecule has 0 bridgehead atoms. The van der Waals surface area contributed by atoms with Crippen LogP contribution in [0.3, 0.4) is 0 Å². The number of benzene rings is 1. The zero-order chi connectivity index (χ0) is 17.7. The van der Waals surface area contributed by atoms with Crippen molar-refractivity contribution in [3.8, 4) is 0 Å². The highest BCUT2D eigenvalue weighted by Crippen LogP contribution is 2.23. The minimum absolute atomic E-state index is 0.0693. The molecule has 138 valence electrons. The minimum Gasteiger partial charge on any atom is -0.379 e. The third-order valence-corrected chi connectivity index (χ3v) is 5.10. The lowest BCUT2D eigenvalue weighted by Gasteiger charge is -2.42. The molecule has 0 saturated carbocycles. The Bertz CT molecular complexity index is 555. The van der Waals surface area contributed by atoms with E-state index in [9.17, 15) is 4.79 Å². The van der Waals surface area contributed by atoms with Crippen LogP contribution in [-0.4, -0.2) is 74.2 Å². The van der Waals surface area contributed by atoms with E-state index in [-0.39, 0.29) is 17.4 Å². The van der Waals surface area contributed by atoms with Crippen LogP contribution in [0.2, 0.25) is 0 Å². The van der Waals surface area contributed by atoms with Crippen molar-refractivity contribution in [2.75, 3.05) is 52.5 Å². The summed E-state index contributed by atoms with van der Waals surface area (Å²) in [5, 5.41) is 3.04. The number of rotatable bonds is 6. The second-order valence-electron chi connectivity index (χ2n) is 8.02. The van der Waals surface area contributed by atoms with Gasteiger partial charge in [-0.2, -0.15) is 0 Å². The van der Waals surface area contributed by atoms with Gasteiger partial charge >= 0.3 is 0 Å². The molecule has 2 aliphatic heterocycles. The summed E-state index contributed by atoms with van der Waals surface area (Å²) < 4.78 is 5.46. The molecule has 1 aromatic rings. The van der Waals surface area contributed by atoms with Gasteiger partial charge in [0.1, 0.15) is 0 Å². The maximum atomic E-state index is 12.5. The van der Waals surface area contributed by atoms with Gasteiger partial charge in [0.05, 0.1) is 19.3 Å². The predicted octanol–water partition coefficient (Wildman–Crippen LogP) is 1.39. The van der Waals surface area contributed by atoms with Gasteiger partial charge in [0, 0.05) is 39.3 Å². The zero-order valence-electron chi connectivity index (χ0n) is 15.5. The molecule has 0 aliphatic carbocycles. The average Bonchev–Trinajstić information content (AvgIpc) is 2.59. The van der Waals surface area contributed by atoms with Crippen LogP contribution in [-0.2, 0) is 16.0 Å². The molecule has 1 amide bonds. The summed E-state index contributed by atoms with van der Waals surface area (Å²) in [6.45, 7) is 12.0. The van der Waals surface area contributed by atoms with Crippen LogP contribution in [0.4, 0.5) is 0 Å². The first kappa shape index (κ1) is 18.4. The fourth-order valence-corrected chi connectivity index (χ4v) is 3.97. The van der Waals surface area contributed by atoms with E-state index in [1.165, 1.54) is 5.56 Å². The number of nitrogens with one attached hydrogen (secondary N) is 1. The molecule has 2 saturated heterocycles. The normalized spacial score (nSPS) is 23.4. The van der Waals surface area contributed by atoms with Crippen molar-refractivity contribution in [2.45, 2.75) is 26.3 Å². The van der Waals surface area contributed by atoms with E-state index in [0.717, 1.165) is 58.9 Å². The summed E-state index contributed by atoms with van der Waals surface area (Å²) in [5.74, 6) is 0.164. The van der Waals surface area contributed by atoms with Gasteiger partial charge in [0.2, 0.25) is 5.91 Å². The molecular formula is C20H31N3O2. The molecule has 25 heavy (non-hydrogen) atoms. The number of ether oxygens (including phenoxy) is 1. The highest BCUT2D eigenvalue weighted by Gasteiger charge is 2.34. The molecule has 1 atom stereocenters. The first-order valence-corrected chi connectivity index (χ1v) is 9.39. The smallest absolute Gasteiger partial charge is 0.237 e. The van der Waals surface area contributed by atoms with Crippen molar-refractivity contribution >= 4 is 5.91 Å². The van der Waals surface area contributed by atoms with Crippen LogP contribution >= 0.6 is 0 Å². The minimum atomic E-state index is -0.0693. The van der Waals surface area contributed by atoms with Crippen molar-refractivity contribution in [1.29, 1.82) is 0 Å². The van der Waals surface area contributed by atoms with Crippen LogP contribution in [0.15, 0.2) is 30.3 Å². The first-order valence-electron chi connectivity index (χ1n) is 9.39. The first-order chi connectivity index (χ1) is 12.0. The van der Waals surface area contributed by atoms with E-state index in [1.54, 1.807) is 0 Å². The Labute approximate surface area is 151 Å². The molecule has 3 rings (SSSR count). The van der Waals surface area contributed by atoms with E-state index in [1.807, 2.05) is 18.2 Å². The number of piperazine rings is 1. The quantitative estimate of drug-likeness (QED) is 0.846. The molecule has 2 heterocycles. The number of carbonyl (C=O) groups is 1. The molecule has 2 fully saturated rings. The van der Waals surface area contributed by atoms with Gasteiger partial charge in [-0.1, -0.05) is 44.2 Å². The Morgan fingerprint density at radius 1 is 1.12 bits per heavy atom. The molecule has 1 aromatic carbocycles. The van der Waals surface area contributed by atoms with Crippen molar-refractivity contribution in [1.82, 2.24) is 15.1 Å². The molecule has 0 unspecified atom stereocenters. The van der Waals surface area contributed by atoms with E-state index < -0.39 is 0 Å². The van der Waals surface area contributed by atoms with Crippen molar-refractivity contribution in [3.63, 3.8) is 0 Å². The Hall–Kier alpha value is -1.43. The number of hydrogen-bond donors (Lipinski definition) is 1. The molecule has 5 nitrogen and oxygen atoms in total. The Morgan fingerprint density at radius 2 is 1.84 bits per heavy atom. The summed E-state index contributed by atoms with van der Waals surface area (Å²) in [6.07, 6.45) is 0.778. The Kier molecular flexibility index (Phi) is 6.10. The number of carbonyl (C=O) groups excluding carboxylic acids is 1. The van der Waals surface area contributed by atoms with Gasteiger partial charge in [-0.15, -0.1) is 0 Å². The van der Waals surface area contributed by atoms with Crippen molar-refractivity contribution in [3.05, 3.63) is 35.9 Å². The lowest BCUT2D eigenvalue weighted by atomic mass is 9.89. The summed E-state index contributed by atoms with van der Waals surface area (Å²) >= 11 is 0. The van der Waals surface area contributed by atoms with Crippen LogP contribution < -0.4 is 5.32 Å². The van der Waals surface area contributed by atoms with Crippen LogP contribution in [0, 0.1) is 5.41 Å². The number of hydrogen-bond acceptors (Lipinski definition) is 4. The molecule has 1 N–H and O–H groups in total. The molecule has 5 heteroatoms. The topological polar surface area (TPSA) is 44.8 Å². The van der Waals surface area contributed by atoms with Crippen LogP contribution in [0.1, 0.15) is 19.4 Å². The van der Waals surface area contributed by atoms with E-state index in [2.05, 4.69) is 41.1 Å². The van der Waals surface area contributed by atoms with E-state index >= 15 is 0 Å². The number of amides is 1. The Morgan fingerprint density at radius 3 is 2.56 bits per heavy atom. The fourth-order valence-electron chi connectivity index (χ4n) is 3.97. The standard InChI is InChI=1S/C20H31N3O2/c1-20(2,15-22-10-12-25-13-11-22)16-23-9-8-21-19(24)18(23)14-17-6-4-3-5-7-17/h3-7,18H,8-16H2,1-2H3,(H,21,24)/t18-/m0/s1. The number of morpholine rings is 1. The van der Waals surface area contributed by atoms with Gasteiger partial charge in [-0.05, 0) is 17.4 Å². The second-order valence-corrected chi connectivity index (χ2v) is 8.02. The monoisotopic (exact) mass is 345 g/mol. The lowest BCUT2D eigenvalue weighted by molar-refractivity contribution is -0.129. The lowest BCUT2D eigenvalue weighted by Crippen LogP contribution is -2.59. The van der Waals surface area contributed by atoms with Crippen molar-refractivity contribution in [2.24, 2.45) is 5.41 Å². The fraction of sp³-hybridized carbons (Fsp3) is 0.650. The highest BCUT2D eigenvalue weighted by atomic mass is 16.5. The van der Waals surface area contributed by atoms with Gasteiger partial charge in [0.25, 0.3) is 0 Å². The summed E-state index contributed by atoms with van der Waals surface area (Å²) in [5.41, 5.74) is 1.37.